The van der Waals surface area contributed by atoms with Gasteiger partial charge < -0.3 is 15.4 Å². The second-order valence-corrected chi connectivity index (χ2v) is 4.53. The zero-order chi connectivity index (χ0) is 13.5. The third kappa shape index (κ3) is 4.71. The van der Waals surface area contributed by atoms with Crippen LogP contribution in [0.5, 0.6) is 5.75 Å². The molecule has 18 heavy (non-hydrogen) atoms. The summed E-state index contributed by atoms with van der Waals surface area (Å²) in [5.41, 5.74) is 6.50. The highest BCUT2D eigenvalue weighted by Crippen LogP contribution is 2.13. The highest BCUT2D eigenvalue weighted by atomic mass is 32.1. The van der Waals surface area contributed by atoms with Crippen molar-refractivity contribution in [3.05, 3.63) is 29.8 Å². The molecule has 0 aliphatic rings. The van der Waals surface area contributed by atoms with Gasteiger partial charge in [0, 0.05) is 26.4 Å². The predicted molar refractivity (Wildman–Crippen MR) is 75.5 cm³/mol. The van der Waals surface area contributed by atoms with Crippen molar-refractivity contribution in [2.24, 2.45) is 5.73 Å². The largest absolute Gasteiger partial charge is 0.497 e. The molecule has 1 amide bonds. The normalized spacial score (nSPS) is 9.89. The van der Waals surface area contributed by atoms with Gasteiger partial charge in [0.05, 0.1) is 12.1 Å². The number of amides is 1. The average Bonchev–Trinajstić information content (AvgIpc) is 2.34. The Labute approximate surface area is 113 Å². The molecular weight excluding hydrogens is 248 g/mol. The summed E-state index contributed by atoms with van der Waals surface area (Å²) in [6.45, 7) is 2.65. The van der Waals surface area contributed by atoms with E-state index in [4.69, 9.17) is 22.7 Å². The van der Waals surface area contributed by atoms with Crippen molar-refractivity contribution in [2.75, 3.05) is 13.7 Å². The van der Waals surface area contributed by atoms with Gasteiger partial charge in [0.15, 0.2) is 0 Å². The van der Waals surface area contributed by atoms with Crippen LogP contribution in [0.15, 0.2) is 24.3 Å². The number of benzene rings is 1. The van der Waals surface area contributed by atoms with Gasteiger partial charge in [-0.15, -0.1) is 0 Å². The fraction of sp³-hybridized carbons (Fsp3) is 0.385. The average molecular weight is 266 g/mol. The maximum Gasteiger partial charge on any atom is 0.219 e. The molecule has 0 heterocycles. The summed E-state index contributed by atoms with van der Waals surface area (Å²) < 4.78 is 5.09. The first-order valence-electron chi connectivity index (χ1n) is 5.69. The lowest BCUT2D eigenvalue weighted by Gasteiger charge is -2.21. The topological polar surface area (TPSA) is 55.6 Å². The summed E-state index contributed by atoms with van der Waals surface area (Å²) >= 11 is 4.82. The molecule has 98 valence electrons. The summed E-state index contributed by atoms with van der Waals surface area (Å²) in [5.74, 6) is 0.818. The Morgan fingerprint density at radius 3 is 2.44 bits per heavy atom. The van der Waals surface area contributed by atoms with E-state index in [0.717, 1.165) is 11.3 Å². The molecular formula is C13H18N2O2S. The lowest BCUT2D eigenvalue weighted by molar-refractivity contribution is -0.129. The van der Waals surface area contributed by atoms with Gasteiger partial charge in [-0.2, -0.15) is 0 Å². The van der Waals surface area contributed by atoms with Gasteiger partial charge in [-0.05, 0) is 17.7 Å². The van der Waals surface area contributed by atoms with Crippen molar-refractivity contribution in [3.8, 4) is 5.75 Å². The van der Waals surface area contributed by atoms with Crippen molar-refractivity contribution < 1.29 is 9.53 Å². The van der Waals surface area contributed by atoms with E-state index >= 15 is 0 Å². The Kier molecular flexibility index (Phi) is 5.58. The Hall–Kier alpha value is -1.62. The molecule has 0 saturated heterocycles. The minimum absolute atomic E-state index is 0.0158. The van der Waals surface area contributed by atoms with Crippen molar-refractivity contribution in [1.82, 2.24) is 4.90 Å². The number of methoxy groups -OCH3 is 1. The van der Waals surface area contributed by atoms with Gasteiger partial charge >= 0.3 is 0 Å². The lowest BCUT2D eigenvalue weighted by atomic mass is 10.2. The van der Waals surface area contributed by atoms with E-state index in [1.165, 1.54) is 0 Å². The first-order chi connectivity index (χ1) is 8.52. The van der Waals surface area contributed by atoms with Crippen LogP contribution in [0.2, 0.25) is 0 Å². The molecule has 4 nitrogen and oxygen atoms in total. The number of nitrogens with two attached hydrogens (primary N) is 1. The van der Waals surface area contributed by atoms with Gasteiger partial charge in [-0.1, -0.05) is 24.4 Å². The third-order valence-corrected chi connectivity index (χ3v) is 2.81. The van der Waals surface area contributed by atoms with E-state index in [9.17, 15) is 4.79 Å². The van der Waals surface area contributed by atoms with Gasteiger partial charge in [0.25, 0.3) is 0 Å². The molecule has 0 saturated carbocycles. The molecule has 0 aliphatic heterocycles. The van der Waals surface area contributed by atoms with Crippen LogP contribution in [-0.2, 0) is 11.3 Å². The van der Waals surface area contributed by atoms with Gasteiger partial charge in [-0.25, -0.2) is 0 Å². The minimum atomic E-state index is 0.0158. The van der Waals surface area contributed by atoms with E-state index in [0.29, 0.717) is 24.5 Å². The highest BCUT2D eigenvalue weighted by Gasteiger charge is 2.09. The van der Waals surface area contributed by atoms with Crippen LogP contribution in [-0.4, -0.2) is 29.5 Å². The summed E-state index contributed by atoms with van der Waals surface area (Å²) in [6.07, 6.45) is 0.547. The van der Waals surface area contributed by atoms with Gasteiger partial charge in [-0.3, -0.25) is 4.79 Å². The maximum atomic E-state index is 11.5. The van der Waals surface area contributed by atoms with E-state index in [2.05, 4.69) is 0 Å². The van der Waals surface area contributed by atoms with Gasteiger partial charge in [0.1, 0.15) is 5.75 Å². The van der Waals surface area contributed by atoms with Crippen LogP contribution < -0.4 is 10.5 Å². The molecule has 0 fully saturated rings. The van der Waals surface area contributed by atoms with E-state index < -0.39 is 0 Å². The molecule has 1 aromatic carbocycles. The summed E-state index contributed by atoms with van der Waals surface area (Å²) in [5, 5.41) is 0. The summed E-state index contributed by atoms with van der Waals surface area (Å²) in [4.78, 5) is 13.7. The smallest absolute Gasteiger partial charge is 0.219 e. The molecule has 0 atom stereocenters. The number of nitrogens with zero attached hydrogens (tertiary/aromatic N) is 1. The quantitative estimate of drug-likeness (QED) is 0.797. The number of hydrogen-bond donors (Lipinski definition) is 1. The Bertz CT molecular complexity index is 418. The molecule has 2 N–H and O–H groups in total. The molecule has 0 unspecified atom stereocenters. The number of ether oxygens (including phenoxy) is 1. The molecule has 1 rings (SSSR count). The Morgan fingerprint density at radius 1 is 1.39 bits per heavy atom. The molecule has 0 bridgehead atoms. The standard InChI is InChI=1S/C13H18N2O2S/c1-10(16)15(8-7-13(14)18)9-11-3-5-12(17-2)6-4-11/h3-6H,7-9H2,1-2H3,(H2,14,18). The van der Waals surface area contributed by atoms with Crippen molar-refractivity contribution >= 4 is 23.1 Å². The third-order valence-electron chi connectivity index (χ3n) is 2.61. The van der Waals surface area contributed by atoms with Crippen LogP contribution in [0, 0.1) is 0 Å². The second kappa shape index (κ2) is 6.96. The predicted octanol–water partition coefficient (Wildman–Crippen LogP) is 1.72. The Balaban J connectivity index is 2.64. The summed E-state index contributed by atoms with van der Waals surface area (Å²) in [6, 6.07) is 7.63. The fourth-order valence-corrected chi connectivity index (χ4v) is 1.64. The van der Waals surface area contributed by atoms with Crippen molar-refractivity contribution in [1.29, 1.82) is 0 Å². The summed E-state index contributed by atoms with van der Waals surface area (Å²) in [7, 11) is 1.62. The lowest BCUT2D eigenvalue weighted by Crippen LogP contribution is -2.31. The van der Waals surface area contributed by atoms with E-state index in [1.807, 2.05) is 24.3 Å². The molecule has 0 aromatic heterocycles. The molecule has 5 heteroatoms. The number of carbonyl (C=O) groups excluding carboxylic acids is 1. The number of thiocarbonyl (C=S) groups is 1. The molecule has 0 spiro atoms. The number of carbonyl (C=O) groups is 1. The van der Waals surface area contributed by atoms with Crippen molar-refractivity contribution in [2.45, 2.75) is 19.9 Å². The van der Waals surface area contributed by atoms with E-state index in [1.54, 1.807) is 18.9 Å². The Morgan fingerprint density at radius 2 is 2.00 bits per heavy atom. The molecule has 1 aromatic rings. The van der Waals surface area contributed by atoms with Crippen LogP contribution in [0.25, 0.3) is 0 Å². The van der Waals surface area contributed by atoms with E-state index in [-0.39, 0.29) is 5.91 Å². The number of rotatable bonds is 6. The monoisotopic (exact) mass is 266 g/mol. The van der Waals surface area contributed by atoms with Crippen molar-refractivity contribution in [3.63, 3.8) is 0 Å². The molecule has 0 radical (unpaired) electrons. The SMILES string of the molecule is COc1ccc(CN(CCC(N)=S)C(C)=O)cc1. The highest BCUT2D eigenvalue weighted by molar-refractivity contribution is 7.80. The van der Waals surface area contributed by atoms with Crippen LogP contribution >= 0.6 is 12.2 Å². The zero-order valence-corrected chi connectivity index (χ0v) is 11.5. The first kappa shape index (κ1) is 14.4. The minimum Gasteiger partial charge on any atom is -0.497 e. The second-order valence-electron chi connectivity index (χ2n) is 4.00. The number of hydrogen-bond acceptors (Lipinski definition) is 3. The first-order valence-corrected chi connectivity index (χ1v) is 6.10. The van der Waals surface area contributed by atoms with Crippen LogP contribution in [0.4, 0.5) is 0 Å². The maximum absolute atomic E-state index is 11.5. The van der Waals surface area contributed by atoms with Crippen LogP contribution in [0.1, 0.15) is 18.9 Å². The fourth-order valence-electron chi connectivity index (χ4n) is 1.54. The molecule has 0 aliphatic carbocycles. The van der Waals surface area contributed by atoms with Crippen LogP contribution in [0.3, 0.4) is 0 Å². The van der Waals surface area contributed by atoms with Gasteiger partial charge in [0.2, 0.25) is 5.91 Å². The zero-order valence-electron chi connectivity index (χ0n) is 10.7.